The first kappa shape index (κ1) is 13.4. The van der Waals surface area contributed by atoms with Crippen molar-refractivity contribution < 1.29 is 0 Å². The van der Waals surface area contributed by atoms with Crippen molar-refractivity contribution in [1.82, 2.24) is 20.2 Å². The van der Waals surface area contributed by atoms with Crippen molar-refractivity contribution >= 4 is 5.71 Å². The highest BCUT2D eigenvalue weighted by Crippen LogP contribution is 2.18. The van der Waals surface area contributed by atoms with Crippen LogP contribution in [0, 0.1) is 5.41 Å². The molecule has 1 aliphatic heterocycles. The van der Waals surface area contributed by atoms with Gasteiger partial charge in [-0.2, -0.15) is 5.11 Å². The minimum Gasteiger partial charge on any atom is -0.230 e. The summed E-state index contributed by atoms with van der Waals surface area (Å²) in [5.41, 5.74) is 1.21. The Morgan fingerprint density at radius 3 is 2.24 bits per heavy atom. The summed E-state index contributed by atoms with van der Waals surface area (Å²) in [5, 5.41) is 21.8. The fourth-order valence-corrected chi connectivity index (χ4v) is 1.01. The van der Waals surface area contributed by atoms with E-state index in [4.69, 9.17) is 0 Å². The van der Waals surface area contributed by atoms with Crippen LogP contribution in [0.15, 0.2) is 21.8 Å². The van der Waals surface area contributed by atoms with Gasteiger partial charge in [0.15, 0.2) is 0 Å². The van der Waals surface area contributed by atoms with E-state index in [1.54, 1.807) is 11.0 Å². The van der Waals surface area contributed by atoms with Crippen LogP contribution in [0.4, 0.5) is 0 Å². The summed E-state index contributed by atoms with van der Waals surface area (Å²) in [6.07, 6.45) is 1.60. The number of hydrogen-bond acceptors (Lipinski definition) is 6. The maximum absolute atomic E-state index is 3.88. The second kappa shape index (κ2) is 5.60. The van der Waals surface area contributed by atoms with Gasteiger partial charge in [0.05, 0.1) is 5.71 Å². The normalized spacial score (nSPS) is 14.6. The second-order valence-electron chi connectivity index (χ2n) is 5.07. The summed E-state index contributed by atoms with van der Waals surface area (Å²) in [6, 6.07) is 0.366. The molecular weight excluding hydrogens is 218 g/mol. The van der Waals surface area contributed by atoms with Gasteiger partial charge in [-0.25, -0.2) is 4.68 Å². The van der Waals surface area contributed by atoms with Crippen molar-refractivity contribution in [2.75, 3.05) is 6.54 Å². The van der Waals surface area contributed by atoms with E-state index in [-0.39, 0.29) is 5.41 Å². The van der Waals surface area contributed by atoms with Crippen LogP contribution in [0.3, 0.4) is 0 Å². The molecule has 0 aliphatic carbocycles. The Labute approximate surface area is 101 Å². The van der Waals surface area contributed by atoms with Gasteiger partial charge in [0.1, 0.15) is 12.9 Å². The molecule has 0 radical (unpaired) electrons. The average Bonchev–Trinajstić information content (AvgIpc) is 2.92. The van der Waals surface area contributed by atoms with Crippen LogP contribution >= 0.6 is 0 Å². The van der Waals surface area contributed by atoms with Gasteiger partial charge >= 0.3 is 0 Å². The lowest BCUT2D eigenvalue weighted by Crippen LogP contribution is -2.20. The number of aromatic nitrogens is 4. The zero-order valence-corrected chi connectivity index (χ0v) is 11.0. The van der Waals surface area contributed by atoms with E-state index < -0.39 is 0 Å². The number of tetrazole rings is 1. The summed E-state index contributed by atoms with van der Waals surface area (Å²) in [5.74, 6) is 0. The molecule has 2 heterocycles. The summed E-state index contributed by atoms with van der Waals surface area (Å²) in [4.78, 5) is 0. The molecule has 0 N–H and O–H groups in total. The van der Waals surface area contributed by atoms with Crippen LogP contribution in [0.25, 0.3) is 0 Å². The zero-order valence-electron chi connectivity index (χ0n) is 11.0. The van der Waals surface area contributed by atoms with Gasteiger partial charge in [-0.1, -0.05) is 20.8 Å². The van der Waals surface area contributed by atoms with Crippen LogP contribution in [-0.2, 0) is 0 Å². The van der Waals surface area contributed by atoms with Gasteiger partial charge < -0.3 is 0 Å². The van der Waals surface area contributed by atoms with Crippen molar-refractivity contribution in [2.45, 2.75) is 40.7 Å². The number of nitrogens with zero attached hydrogens (tertiary/aromatic N) is 7. The summed E-state index contributed by atoms with van der Waals surface area (Å²) in [6.45, 7) is 11.1. The third-order valence-corrected chi connectivity index (χ3v) is 2.21. The Balaban J connectivity index is 0.000000171. The second-order valence-corrected chi connectivity index (χ2v) is 5.07. The fourth-order valence-electron chi connectivity index (χ4n) is 1.01. The van der Waals surface area contributed by atoms with Gasteiger partial charge in [-0.05, 0) is 29.5 Å². The smallest absolute Gasteiger partial charge is 0.138 e. The standard InChI is InChI=1S/C6H11N3.C4H8N4/c1-6(2,3)5-4-7-9-8-5;1-4(2)8-3-5-6-7-8/h4H2,1-3H3;3-4H,1-2H3. The molecule has 0 aromatic carbocycles. The molecule has 1 aliphatic rings. The van der Waals surface area contributed by atoms with E-state index in [9.17, 15) is 0 Å². The van der Waals surface area contributed by atoms with Crippen molar-refractivity contribution in [3.05, 3.63) is 6.33 Å². The molecule has 17 heavy (non-hydrogen) atoms. The predicted molar refractivity (Wildman–Crippen MR) is 64.8 cm³/mol. The maximum Gasteiger partial charge on any atom is 0.138 e. The largest absolute Gasteiger partial charge is 0.230 e. The van der Waals surface area contributed by atoms with Crippen molar-refractivity contribution in [2.24, 2.45) is 20.9 Å². The highest BCUT2D eigenvalue weighted by molar-refractivity contribution is 5.91. The first-order valence-electron chi connectivity index (χ1n) is 5.57. The molecule has 0 bridgehead atoms. The van der Waals surface area contributed by atoms with Crippen LogP contribution in [0.5, 0.6) is 0 Å². The molecule has 0 saturated carbocycles. The van der Waals surface area contributed by atoms with E-state index >= 15 is 0 Å². The van der Waals surface area contributed by atoms with Crippen LogP contribution in [0.2, 0.25) is 0 Å². The van der Waals surface area contributed by atoms with Crippen LogP contribution in [0.1, 0.15) is 40.7 Å². The lowest BCUT2D eigenvalue weighted by molar-refractivity contribution is 0.514. The molecule has 0 saturated heterocycles. The van der Waals surface area contributed by atoms with Crippen molar-refractivity contribution in [3.63, 3.8) is 0 Å². The Hall–Kier alpha value is -1.66. The van der Waals surface area contributed by atoms with E-state index in [0.717, 1.165) is 5.71 Å². The van der Waals surface area contributed by atoms with Gasteiger partial charge in [0, 0.05) is 11.5 Å². The summed E-state index contributed by atoms with van der Waals surface area (Å²) >= 11 is 0. The molecule has 0 atom stereocenters. The quantitative estimate of drug-likeness (QED) is 0.750. The molecule has 7 nitrogen and oxygen atoms in total. The Kier molecular flexibility index (Phi) is 4.42. The molecule has 94 valence electrons. The third kappa shape index (κ3) is 4.38. The molecule has 2 rings (SSSR count). The lowest BCUT2D eigenvalue weighted by Gasteiger charge is -2.15. The zero-order chi connectivity index (χ0) is 12.9. The monoisotopic (exact) mass is 237 g/mol. The van der Waals surface area contributed by atoms with Gasteiger partial charge in [-0.15, -0.1) is 10.2 Å². The molecule has 1 aromatic rings. The Morgan fingerprint density at radius 1 is 1.29 bits per heavy atom. The highest BCUT2D eigenvalue weighted by atomic mass is 15.5. The van der Waals surface area contributed by atoms with Crippen molar-refractivity contribution in [3.8, 4) is 0 Å². The van der Waals surface area contributed by atoms with Gasteiger partial charge in [0.2, 0.25) is 0 Å². The van der Waals surface area contributed by atoms with Gasteiger partial charge in [0.25, 0.3) is 0 Å². The molecular formula is C10H19N7. The Morgan fingerprint density at radius 2 is 2.00 bits per heavy atom. The summed E-state index contributed by atoms with van der Waals surface area (Å²) in [7, 11) is 0. The predicted octanol–water partition coefficient (Wildman–Crippen LogP) is 2.11. The van der Waals surface area contributed by atoms with E-state index in [1.165, 1.54) is 0 Å². The molecule has 0 fully saturated rings. The minimum atomic E-state index is 0.142. The maximum atomic E-state index is 3.88. The summed E-state index contributed by atoms with van der Waals surface area (Å²) < 4.78 is 1.69. The molecule has 0 unspecified atom stereocenters. The van der Waals surface area contributed by atoms with Gasteiger partial charge in [-0.3, -0.25) is 0 Å². The number of hydrogen-bond donors (Lipinski definition) is 0. The van der Waals surface area contributed by atoms with Crippen LogP contribution < -0.4 is 0 Å². The van der Waals surface area contributed by atoms with E-state index in [0.29, 0.717) is 12.6 Å². The fraction of sp³-hybridized carbons (Fsp3) is 0.800. The molecule has 1 aromatic heterocycles. The van der Waals surface area contributed by atoms with Crippen molar-refractivity contribution in [1.29, 1.82) is 0 Å². The molecule has 0 spiro atoms. The SMILES string of the molecule is CC(C)(C)C1=NN=NC1.CC(C)n1cnnn1. The van der Waals surface area contributed by atoms with E-state index in [2.05, 4.69) is 51.7 Å². The highest BCUT2D eigenvalue weighted by Gasteiger charge is 2.20. The number of rotatable bonds is 1. The minimum absolute atomic E-state index is 0.142. The van der Waals surface area contributed by atoms with Crippen LogP contribution in [-0.4, -0.2) is 32.5 Å². The lowest BCUT2D eigenvalue weighted by atomic mass is 9.90. The van der Waals surface area contributed by atoms with E-state index in [1.807, 2.05) is 13.8 Å². The first-order valence-corrected chi connectivity index (χ1v) is 5.57. The Bertz CT molecular complexity index is 383. The third-order valence-electron chi connectivity index (χ3n) is 2.21. The first-order chi connectivity index (χ1) is 7.91. The topological polar surface area (TPSA) is 80.7 Å². The molecule has 7 heteroatoms. The molecule has 0 amide bonds. The average molecular weight is 237 g/mol.